The molecule has 5 N–H and O–H groups in total. The lowest BCUT2D eigenvalue weighted by Crippen LogP contribution is -2.60. The third-order valence-corrected chi connectivity index (χ3v) is 2.48. The first-order valence-electron chi connectivity index (χ1n) is 3.60. The third-order valence-electron chi connectivity index (χ3n) is 1.90. The summed E-state index contributed by atoms with van der Waals surface area (Å²) in [6, 6.07) is -0.785. The van der Waals surface area contributed by atoms with Gasteiger partial charge in [-0.3, -0.25) is 0 Å². The van der Waals surface area contributed by atoms with Crippen molar-refractivity contribution in [2.75, 3.05) is 6.61 Å². The molecule has 0 amide bonds. The highest BCUT2D eigenvalue weighted by molar-refractivity contribution is 6.21. The summed E-state index contributed by atoms with van der Waals surface area (Å²) in [5.41, 5.74) is 5.45. The van der Waals surface area contributed by atoms with E-state index in [4.69, 9.17) is 37.4 Å². The number of alkyl halides is 1. The van der Waals surface area contributed by atoms with Gasteiger partial charge in [0, 0.05) is 0 Å². The van der Waals surface area contributed by atoms with Crippen LogP contribution in [0.5, 0.6) is 0 Å². The summed E-state index contributed by atoms with van der Waals surface area (Å²) in [4.78, 5) is 0. The van der Waals surface area contributed by atoms with E-state index < -0.39 is 29.9 Å². The zero-order chi connectivity index (χ0) is 9.30. The topological polar surface area (TPSA) is 95.9 Å². The van der Waals surface area contributed by atoms with Gasteiger partial charge in [-0.2, -0.15) is 0 Å². The Morgan fingerprint density at radius 3 is 2.50 bits per heavy atom. The molecule has 0 aromatic heterocycles. The lowest BCUT2D eigenvalue weighted by atomic mass is 10.0. The highest BCUT2D eigenvalue weighted by Gasteiger charge is 2.41. The van der Waals surface area contributed by atoms with E-state index >= 15 is 0 Å². The van der Waals surface area contributed by atoms with Crippen LogP contribution in [0.25, 0.3) is 0 Å². The summed E-state index contributed by atoms with van der Waals surface area (Å²) in [6.07, 6.45) is -3.29. The molecule has 5 unspecified atom stereocenters. The van der Waals surface area contributed by atoms with Gasteiger partial charge in [0.1, 0.15) is 12.2 Å². The molecule has 0 aromatic carbocycles. The van der Waals surface area contributed by atoms with E-state index in [2.05, 4.69) is 0 Å². The van der Waals surface area contributed by atoms with Crippen LogP contribution in [0, 0.1) is 0 Å². The van der Waals surface area contributed by atoms with E-state index in [-0.39, 0.29) is 6.61 Å². The van der Waals surface area contributed by atoms with Gasteiger partial charge in [0.15, 0.2) is 6.29 Å². The molecule has 1 heterocycles. The molecule has 1 aliphatic heterocycles. The Labute approximate surface area is 74.7 Å². The zero-order valence-corrected chi connectivity index (χ0v) is 7.05. The van der Waals surface area contributed by atoms with Crippen molar-refractivity contribution in [1.82, 2.24) is 0 Å². The van der Waals surface area contributed by atoms with Crippen molar-refractivity contribution in [2.45, 2.75) is 29.9 Å². The van der Waals surface area contributed by atoms with Crippen LogP contribution in [-0.4, -0.2) is 51.8 Å². The third kappa shape index (κ3) is 1.71. The fourth-order valence-corrected chi connectivity index (χ4v) is 1.39. The summed E-state index contributed by atoms with van der Waals surface area (Å²) < 4.78 is 4.77. The first-order valence-corrected chi connectivity index (χ1v) is 4.03. The van der Waals surface area contributed by atoms with E-state index in [1.807, 2.05) is 0 Å². The van der Waals surface area contributed by atoms with E-state index in [1.165, 1.54) is 0 Å². The maximum absolute atomic E-state index is 9.16. The maximum Gasteiger partial charge on any atom is 0.182 e. The average molecular weight is 198 g/mol. The van der Waals surface area contributed by atoms with E-state index in [9.17, 15) is 0 Å². The van der Waals surface area contributed by atoms with Crippen LogP contribution in [0.1, 0.15) is 0 Å². The molecule has 12 heavy (non-hydrogen) atoms. The molecule has 5 nitrogen and oxygen atoms in total. The quantitative estimate of drug-likeness (QED) is 0.365. The first-order chi connectivity index (χ1) is 5.57. The minimum absolute atomic E-state index is 0.328. The van der Waals surface area contributed by atoms with Crippen molar-refractivity contribution in [3.05, 3.63) is 0 Å². The predicted octanol–water partition coefficient (Wildman–Crippen LogP) is -2.01. The van der Waals surface area contributed by atoms with Crippen molar-refractivity contribution in [3.63, 3.8) is 0 Å². The zero-order valence-electron chi connectivity index (χ0n) is 6.30. The van der Waals surface area contributed by atoms with Gasteiger partial charge in [-0.05, 0) is 0 Å². The molecule has 0 bridgehead atoms. The Morgan fingerprint density at radius 1 is 1.42 bits per heavy atom. The van der Waals surface area contributed by atoms with Crippen LogP contribution < -0.4 is 5.73 Å². The lowest BCUT2D eigenvalue weighted by molar-refractivity contribution is -0.225. The maximum atomic E-state index is 9.16. The molecule has 6 heteroatoms. The van der Waals surface area contributed by atoms with Gasteiger partial charge in [-0.1, -0.05) is 0 Å². The van der Waals surface area contributed by atoms with E-state index in [0.29, 0.717) is 0 Å². The molecule has 1 fully saturated rings. The number of rotatable bonds is 1. The molecule has 0 aromatic rings. The number of aliphatic hydroxyl groups excluding tert-OH is 3. The van der Waals surface area contributed by atoms with Gasteiger partial charge >= 0.3 is 0 Å². The highest BCUT2D eigenvalue weighted by Crippen LogP contribution is 2.22. The number of ether oxygens (including phenoxy) is 1. The van der Waals surface area contributed by atoms with Crippen molar-refractivity contribution >= 4 is 11.6 Å². The van der Waals surface area contributed by atoms with Gasteiger partial charge < -0.3 is 25.8 Å². The summed E-state index contributed by atoms with van der Waals surface area (Å²) in [7, 11) is 0. The molecule has 0 spiro atoms. The van der Waals surface area contributed by atoms with Crippen LogP contribution in [0.15, 0.2) is 0 Å². The second kappa shape index (κ2) is 3.87. The number of nitrogens with two attached hydrogens (primary N) is 1. The number of aliphatic hydroxyl groups is 3. The number of hydrogen-bond acceptors (Lipinski definition) is 5. The summed E-state index contributed by atoms with van der Waals surface area (Å²) >= 11 is 5.71. The molecule has 72 valence electrons. The van der Waals surface area contributed by atoms with Crippen molar-refractivity contribution in [1.29, 1.82) is 0 Å². The van der Waals surface area contributed by atoms with Crippen molar-refractivity contribution in [3.8, 4) is 0 Å². The Hall–Kier alpha value is 0.0900. The number of halogens is 1. The summed E-state index contributed by atoms with van der Waals surface area (Å²) in [5.74, 6) is 0. The van der Waals surface area contributed by atoms with Crippen LogP contribution in [0.4, 0.5) is 0 Å². The SMILES string of the molecule is NC1C(O)C(O)OC(CO)C1Cl. The highest BCUT2D eigenvalue weighted by atomic mass is 35.5. The standard InChI is InChI=1S/C6H12ClNO4/c7-3-2(1-9)12-6(11)5(10)4(3)8/h2-6,9-11H,1,8H2. The van der Waals surface area contributed by atoms with E-state index in [1.54, 1.807) is 0 Å². The van der Waals surface area contributed by atoms with Crippen molar-refractivity contribution < 1.29 is 20.1 Å². The second-order valence-electron chi connectivity index (χ2n) is 2.76. The molecule has 1 rings (SSSR count). The molecular formula is C6H12ClNO4. The van der Waals surface area contributed by atoms with Crippen molar-refractivity contribution in [2.24, 2.45) is 5.73 Å². The minimum Gasteiger partial charge on any atom is -0.394 e. The first kappa shape index (κ1) is 10.2. The van der Waals surface area contributed by atoms with Gasteiger partial charge in [0.05, 0.1) is 18.0 Å². The molecule has 5 atom stereocenters. The monoisotopic (exact) mass is 197 g/mol. The Kier molecular flexibility index (Phi) is 3.28. The van der Waals surface area contributed by atoms with Crippen LogP contribution in [-0.2, 0) is 4.74 Å². The fraction of sp³-hybridized carbons (Fsp3) is 1.00. The van der Waals surface area contributed by atoms with Gasteiger partial charge in [0.25, 0.3) is 0 Å². The average Bonchev–Trinajstić information content (AvgIpc) is 2.08. The lowest BCUT2D eigenvalue weighted by Gasteiger charge is -2.37. The molecule has 0 radical (unpaired) electrons. The Bertz CT molecular complexity index is 154. The van der Waals surface area contributed by atoms with Gasteiger partial charge in [-0.25, -0.2) is 0 Å². The largest absolute Gasteiger partial charge is 0.394 e. The molecular weight excluding hydrogens is 186 g/mol. The van der Waals surface area contributed by atoms with Crippen LogP contribution >= 0.6 is 11.6 Å². The Balaban J connectivity index is 2.63. The fourth-order valence-electron chi connectivity index (χ4n) is 1.10. The predicted molar refractivity (Wildman–Crippen MR) is 41.6 cm³/mol. The smallest absolute Gasteiger partial charge is 0.182 e. The van der Waals surface area contributed by atoms with Gasteiger partial charge in [-0.15, -0.1) is 11.6 Å². The molecule has 0 saturated carbocycles. The molecule has 1 aliphatic rings. The minimum atomic E-state index is -1.37. The van der Waals surface area contributed by atoms with Crippen LogP contribution in [0.2, 0.25) is 0 Å². The normalized spacial score (nSPS) is 49.2. The summed E-state index contributed by atoms with van der Waals surface area (Å²) in [5, 5.41) is 26.2. The Morgan fingerprint density at radius 2 is 2.00 bits per heavy atom. The van der Waals surface area contributed by atoms with Gasteiger partial charge in [0.2, 0.25) is 0 Å². The van der Waals surface area contributed by atoms with E-state index in [0.717, 1.165) is 0 Å². The summed E-state index contributed by atoms with van der Waals surface area (Å²) in [6.45, 7) is -0.328. The second-order valence-corrected chi connectivity index (χ2v) is 3.26. The molecule has 1 saturated heterocycles. The molecule has 0 aliphatic carbocycles. The van der Waals surface area contributed by atoms with Crippen LogP contribution in [0.3, 0.4) is 0 Å². The number of hydrogen-bond donors (Lipinski definition) is 4.